The molecule has 0 saturated heterocycles. The number of aryl methyl sites for hydroxylation is 1. The molecule has 2 rings (SSSR count). The minimum atomic E-state index is -3.71. The fraction of sp³-hybridized carbons (Fsp3) is 0.263. The Hall–Kier alpha value is -2.29. The van der Waals surface area contributed by atoms with Crippen LogP contribution >= 0.6 is 23.2 Å². The monoisotopic (exact) mass is 457 g/mol. The van der Waals surface area contributed by atoms with Crippen LogP contribution in [-0.2, 0) is 19.6 Å². The number of carbonyl (C=O) groups is 2. The second-order valence-corrected chi connectivity index (χ2v) is 9.17. The van der Waals surface area contributed by atoms with Crippen molar-refractivity contribution in [2.75, 3.05) is 36.0 Å². The zero-order chi connectivity index (χ0) is 21.8. The average molecular weight is 458 g/mol. The van der Waals surface area contributed by atoms with Gasteiger partial charge >= 0.3 is 0 Å². The van der Waals surface area contributed by atoms with Gasteiger partial charge in [0.1, 0.15) is 6.54 Å². The normalized spacial score (nSPS) is 11.1. The van der Waals surface area contributed by atoms with E-state index in [0.717, 1.165) is 15.5 Å². The number of hydrogen-bond donors (Lipinski definition) is 1. The molecule has 2 aromatic carbocycles. The van der Waals surface area contributed by atoms with Gasteiger partial charge in [0.15, 0.2) is 0 Å². The first-order valence-corrected chi connectivity index (χ1v) is 11.1. The number of sulfonamides is 1. The van der Waals surface area contributed by atoms with Crippen molar-refractivity contribution < 1.29 is 18.0 Å². The second kappa shape index (κ2) is 9.47. The molecule has 0 saturated carbocycles. The van der Waals surface area contributed by atoms with E-state index in [4.69, 9.17) is 23.2 Å². The summed E-state index contributed by atoms with van der Waals surface area (Å²) in [5, 5.41) is 3.09. The van der Waals surface area contributed by atoms with E-state index < -0.39 is 28.4 Å². The number of hydrogen-bond acceptors (Lipinski definition) is 4. The van der Waals surface area contributed by atoms with Gasteiger partial charge in [0.05, 0.1) is 34.2 Å². The van der Waals surface area contributed by atoms with Gasteiger partial charge in [0.25, 0.3) is 0 Å². The molecule has 2 aromatic rings. The first-order valence-electron chi connectivity index (χ1n) is 8.52. The van der Waals surface area contributed by atoms with Crippen molar-refractivity contribution in [3.05, 3.63) is 58.1 Å². The summed E-state index contributed by atoms with van der Waals surface area (Å²) in [6, 6.07) is 11.6. The molecular weight excluding hydrogens is 437 g/mol. The summed E-state index contributed by atoms with van der Waals surface area (Å²) in [4.78, 5) is 26.0. The Balaban J connectivity index is 2.10. The molecule has 0 aliphatic rings. The number of amides is 2. The van der Waals surface area contributed by atoms with Crippen LogP contribution in [0.25, 0.3) is 0 Å². The standard InChI is InChI=1S/C19H21Cl2N3O4S/c1-13-7-4-5-10-16(13)24(29(3,27)28)12-18(26)23(2)11-17(25)22-19-14(20)8-6-9-15(19)21/h4-10H,11-12H2,1-3H3,(H,22,25). The van der Waals surface area contributed by atoms with E-state index >= 15 is 0 Å². The predicted molar refractivity (Wildman–Crippen MR) is 116 cm³/mol. The lowest BCUT2D eigenvalue weighted by Crippen LogP contribution is -2.43. The Morgan fingerprint density at radius 3 is 2.14 bits per heavy atom. The summed E-state index contributed by atoms with van der Waals surface area (Å²) in [6.45, 7) is 1.02. The second-order valence-electron chi connectivity index (χ2n) is 6.45. The number of halogens is 2. The number of benzene rings is 2. The van der Waals surface area contributed by atoms with Crippen LogP contribution in [0, 0.1) is 6.92 Å². The van der Waals surface area contributed by atoms with E-state index in [-0.39, 0.29) is 22.3 Å². The van der Waals surface area contributed by atoms with Gasteiger partial charge < -0.3 is 10.2 Å². The third-order valence-corrected chi connectivity index (χ3v) is 5.85. The quantitative estimate of drug-likeness (QED) is 0.691. The molecular formula is C19H21Cl2N3O4S. The number of para-hydroxylation sites is 2. The zero-order valence-corrected chi connectivity index (χ0v) is 18.5. The Morgan fingerprint density at radius 1 is 1.00 bits per heavy atom. The first kappa shape index (κ1) is 23.0. The number of likely N-dealkylation sites (N-methyl/N-ethyl adjacent to an activating group) is 1. The maximum Gasteiger partial charge on any atom is 0.244 e. The van der Waals surface area contributed by atoms with Crippen LogP contribution in [0.4, 0.5) is 11.4 Å². The Kier molecular flexibility index (Phi) is 7.51. The third kappa shape index (κ3) is 6.09. The number of nitrogens with zero attached hydrogens (tertiary/aromatic N) is 2. The van der Waals surface area contributed by atoms with Crippen molar-refractivity contribution in [1.82, 2.24) is 4.90 Å². The highest BCUT2D eigenvalue weighted by Crippen LogP contribution is 2.29. The number of nitrogens with one attached hydrogen (secondary N) is 1. The predicted octanol–water partition coefficient (Wildman–Crippen LogP) is 3.16. The van der Waals surface area contributed by atoms with Crippen molar-refractivity contribution in [3.63, 3.8) is 0 Å². The molecule has 0 aromatic heterocycles. The summed E-state index contributed by atoms with van der Waals surface area (Å²) in [7, 11) is -2.30. The molecule has 10 heteroatoms. The van der Waals surface area contributed by atoms with Crippen molar-refractivity contribution in [2.45, 2.75) is 6.92 Å². The van der Waals surface area contributed by atoms with Gasteiger partial charge in [-0.1, -0.05) is 47.5 Å². The topological polar surface area (TPSA) is 86.8 Å². The van der Waals surface area contributed by atoms with Crippen LogP contribution in [0.1, 0.15) is 5.56 Å². The average Bonchev–Trinajstić information content (AvgIpc) is 2.62. The van der Waals surface area contributed by atoms with E-state index in [1.165, 1.54) is 7.05 Å². The van der Waals surface area contributed by atoms with Gasteiger partial charge in [-0.05, 0) is 30.7 Å². The Morgan fingerprint density at radius 2 is 1.59 bits per heavy atom. The summed E-state index contributed by atoms with van der Waals surface area (Å²) in [5.41, 5.74) is 1.36. The molecule has 0 bridgehead atoms. The highest BCUT2D eigenvalue weighted by molar-refractivity contribution is 7.92. The van der Waals surface area contributed by atoms with Crippen LogP contribution < -0.4 is 9.62 Å². The van der Waals surface area contributed by atoms with Crippen molar-refractivity contribution in [1.29, 1.82) is 0 Å². The molecule has 0 aliphatic carbocycles. The van der Waals surface area contributed by atoms with Crippen molar-refractivity contribution in [2.24, 2.45) is 0 Å². The minimum absolute atomic E-state index is 0.249. The molecule has 0 spiro atoms. The van der Waals surface area contributed by atoms with Crippen LogP contribution in [0.2, 0.25) is 10.0 Å². The third-order valence-electron chi connectivity index (χ3n) is 4.10. The first-order chi connectivity index (χ1) is 13.5. The summed E-state index contributed by atoms with van der Waals surface area (Å²) >= 11 is 12.0. The van der Waals surface area contributed by atoms with Gasteiger partial charge in [-0.2, -0.15) is 0 Å². The van der Waals surface area contributed by atoms with E-state index in [9.17, 15) is 18.0 Å². The van der Waals surface area contributed by atoms with Gasteiger partial charge in [-0.25, -0.2) is 8.42 Å². The lowest BCUT2D eigenvalue weighted by Gasteiger charge is -2.26. The number of carbonyl (C=O) groups excluding carboxylic acids is 2. The molecule has 156 valence electrons. The van der Waals surface area contributed by atoms with Crippen molar-refractivity contribution >= 4 is 56.4 Å². The molecule has 29 heavy (non-hydrogen) atoms. The molecule has 0 unspecified atom stereocenters. The summed E-state index contributed by atoms with van der Waals surface area (Å²) in [6.07, 6.45) is 1.03. The van der Waals surface area contributed by atoms with Gasteiger partial charge in [0, 0.05) is 7.05 Å². The molecule has 1 N–H and O–H groups in total. The highest BCUT2D eigenvalue weighted by atomic mass is 35.5. The largest absolute Gasteiger partial charge is 0.335 e. The summed E-state index contributed by atoms with van der Waals surface area (Å²) < 4.78 is 25.5. The fourth-order valence-corrected chi connectivity index (χ4v) is 3.97. The van der Waals surface area contributed by atoms with E-state index in [1.54, 1.807) is 49.4 Å². The Labute approximate surface area is 180 Å². The molecule has 7 nitrogen and oxygen atoms in total. The minimum Gasteiger partial charge on any atom is -0.335 e. The Bertz CT molecular complexity index is 1010. The van der Waals surface area contributed by atoms with Crippen LogP contribution in [0.15, 0.2) is 42.5 Å². The lowest BCUT2D eigenvalue weighted by atomic mass is 10.2. The van der Waals surface area contributed by atoms with Crippen molar-refractivity contribution in [3.8, 4) is 0 Å². The highest BCUT2D eigenvalue weighted by Gasteiger charge is 2.24. The maximum absolute atomic E-state index is 12.6. The van der Waals surface area contributed by atoms with Gasteiger partial charge in [-0.15, -0.1) is 0 Å². The van der Waals surface area contributed by atoms with Gasteiger partial charge in [0.2, 0.25) is 21.8 Å². The molecule has 0 fully saturated rings. The smallest absolute Gasteiger partial charge is 0.244 e. The number of anilines is 2. The molecule has 0 aliphatic heterocycles. The fourth-order valence-electron chi connectivity index (χ4n) is 2.57. The van der Waals surface area contributed by atoms with E-state index in [0.29, 0.717) is 11.3 Å². The maximum atomic E-state index is 12.6. The van der Waals surface area contributed by atoms with Gasteiger partial charge in [-0.3, -0.25) is 13.9 Å². The number of rotatable bonds is 7. The van der Waals surface area contributed by atoms with Crippen LogP contribution in [0.5, 0.6) is 0 Å². The molecule has 0 heterocycles. The molecule has 0 radical (unpaired) electrons. The lowest BCUT2D eigenvalue weighted by molar-refractivity contribution is -0.131. The molecule has 2 amide bonds. The molecule has 0 atom stereocenters. The van der Waals surface area contributed by atoms with Crippen LogP contribution in [0.3, 0.4) is 0 Å². The van der Waals surface area contributed by atoms with E-state index in [2.05, 4.69) is 5.32 Å². The van der Waals surface area contributed by atoms with Crippen LogP contribution in [-0.4, -0.2) is 51.5 Å². The SMILES string of the molecule is Cc1ccccc1N(CC(=O)N(C)CC(=O)Nc1c(Cl)cccc1Cl)S(C)(=O)=O. The zero-order valence-electron chi connectivity index (χ0n) is 16.1. The van der Waals surface area contributed by atoms with E-state index in [1.807, 2.05) is 0 Å². The summed E-state index contributed by atoms with van der Waals surface area (Å²) in [5.74, 6) is -1.06.